The average Bonchev–Trinajstić information content (AvgIpc) is 2.77. The molecule has 0 aliphatic carbocycles. The van der Waals surface area contributed by atoms with Gasteiger partial charge in [0, 0.05) is 32.1 Å². The molecular weight excluding hydrogens is 424 g/mol. The van der Waals surface area contributed by atoms with Gasteiger partial charge in [-0.05, 0) is 55.6 Å². The number of methoxy groups -OCH3 is 1. The molecule has 1 saturated heterocycles. The van der Waals surface area contributed by atoms with Gasteiger partial charge >= 0.3 is 6.18 Å². The van der Waals surface area contributed by atoms with Crippen molar-refractivity contribution >= 4 is 5.91 Å². The van der Waals surface area contributed by atoms with Gasteiger partial charge in [0.1, 0.15) is 0 Å². The van der Waals surface area contributed by atoms with Crippen LogP contribution in [0.25, 0.3) is 0 Å². The second-order valence-corrected chi connectivity index (χ2v) is 8.19. The fourth-order valence-electron chi connectivity index (χ4n) is 4.09. The molecule has 0 saturated carbocycles. The van der Waals surface area contributed by atoms with E-state index in [0.29, 0.717) is 38.0 Å². The Morgan fingerprint density at radius 1 is 1.12 bits per heavy atom. The second kappa shape index (κ2) is 10.3. The van der Waals surface area contributed by atoms with Crippen molar-refractivity contribution in [1.82, 2.24) is 9.80 Å². The minimum Gasteiger partial charge on any atom is -0.494 e. The third-order valence-electron chi connectivity index (χ3n) is 5.97. The number of hydrogen-bond acceptors (Lipinski definition) is 3. The van der Waals surface area contributed by atoms with E-state index in [2.05, 4.69) is 4.90 Å². The van der Waals surface area contributed by atoms with Crippen molar-refractivity contribution in [3.05, 3.63) is 65.0 Å². The van der Waals surface area contributed by atoms with E-state index in [0.717, 1.165) is 24.5 Å². The minimum absolute atomic E-state index is 0.0280. The van der Waals surface area contributed by atoms with Gasteiger partial charge in [0.2, 0.25) is 5.91 Å². The van der Waals surface area contributed by atoms with Crippen LogP contribution in [0.5, 0.6) is 5.75 Å². The normalized spacial score (nSPS) is 15.3. The second-order valence-electron chi connectivity index (χ2n) is 8.19. The Bertz CT molecular complexity index is 924. The summed E-state index contributed by atoms with van der Waals surface area (Å²) < 4.78 is 57.5. The zero-order valence-corrected chi connectivity index (χ0v) is 18.3. The first kappa shape index (κ1) is 24.0. The third kappa shape index (κ3) is 6.22. The van der Waals surface area contributed by atoms with Crippen molar-refractivity contribution in [2.24, 2.45) is 0 Å². The molecule has 2 aromatic rings. The number of amides is 1. The zero-order chi connectivity index (χ0) is 23.3. The fraction of sp³-hybridized carbons (Fsp3) is 0.458. The molecule has 32 heavy (non-hydrogen) atoms. The van der Waals surface area contributed by atoms with Gasteiger partial charge < -0.3 is 9.64 Å². The molecule has 0 atom stereocenters. The Balaban J connectivity index is 1.47. The molecule has 1 heterocycles. The van der Waals surface area contributed by atoms with Crippen LogP contribution in [-0.4, -0.2) is 49.0 Å². The molecule has 0 aromatic heterocycles. The first-order valence-corrected chi connectivity index (χ1v) is 10.6. The minimum atomic E-state index is -4.35. The van der Waals surface area contributed by atoms with Crippen molar-refractivity contribution < 1.29 is 27.1 Å². The standard InChI is InChI=1S/C24H28F4N2O2/c1-29(16-18-4-3-5-19(14-18)24(26,27)28)20-10-12-30(13-11-20)23(31)9-7-17-6-8-22(32-2)21(25)15-17/h3-6,8,14-15,20H,7,9-13,16H2,1-2H3. The summed E-state index contributed by atoms with van der Waals surface area (Å²) in [7, 11) is 3.31. The van der Waals surface area contributed by atoms with Crippen LogP contribution in [0.15, 0.2) is 42.5 Å². The molecule has 2 aromatic carbocycles. The van der Waals surface area contributed by atoms with E-state index in [4.69, 9.17) is 4.74 Å². The monoisotopic (exact) mass is 452 g/mol. The summed E-state index contributed by atoms with van der Waals surface area (Å²) >= 11 is 0. The highest BCUT2D eigenvalue weighted by Gasteiger charge is 2.31. The Morgan fingerprint density at radius 2 is 1.84 bits per heavy atom. The molecule has 1 fully saturated rings. The maximum absolute atomic E-state index is 13.8. The van der Waals surface area contributed by atoms with Crippen LogP contribution in [0.3, 0.4) is 0 Å². The van der Waals surface area contributed by atoms with Gasteiger partial charge in [-0.2, -0.15) is 13.2 Å². The summed E-state index contributed by atoms with van der Waals surface area (Å²) in [6.45, 7) is 1.63. The molecule has 1 amide bonds. The lowest BCUT2D eigenvalue weighted by Crippen LogP contribution is -2.45. The topological polar surface area (TPSA) is 32.8 Å². The van der Waals surface area contributed by atoms with Gasteiger partial charge in [-0.25, -0.2) is 4.39 Å². The molecule has 8 heteroatoms. The number of hydrogen-bond donors (Lipinski definition) is 0. The third-order valence-corrected chi connectivity index (χ3v) is 5.97. The SMILES string of the molecule is COc1ccc(CCC(=O)N2CCC(N(C)Cc3cccc(C(F)(F)F)c3)CC2)cc1F. The largest absolute Gasteiger partial charge is 0.494 e. The maximum atomic E-state index is 13.8. The molecule has 0 unspecified atom stereocenters. The van der Waals surface area contributed by atoms with Crippen LogP contribution < -0.4 is 4.74 Å². The maximum Gasteiger partial charge on any atom is 0.416 e. The molecule has 174 valence electrons. The lowest BCUT2D eigenvalue weighted by molar-refractivity contribution is -0.137. The number of rotatable bonds is 7. The lowest BCUT2D eigenvalue weighted by Gasteiger charge is -2.37. The van der Waals surface area contributed by atoms with Gasteiger partial charge in [-0.15, -0.1) is 0 Å². The highest BCUT2D eigenvalue weighted by atomic mass is 19.4. The van der Waals surface area contributed by atoms with E-state index in [1.54, 1.807) is 18.2 Å². The van der Waals surface area contributed by atoms with E-state index < -0.39 is 17.6 Å². The molecule has 0 N–H and O–H groups in total. The zero-order valence-electron chi connectivity index (χ0n) is 18.3. The van der Waals surface area contributed by atoms with E-state index >= 15 is 0 Å². The fourth-order valence-corrected chi connectivity index (χ4v) is 4.09. The predicted octanol–water partition coefficient (Wildman–Crippen LogP) is 4.91. The Hall–Kier alpha value is -2.61. The quantitative estimate of drug-likeness (QED) is 0.560. The average molecular weight is 452 g/mol. The highest BCUT2D eigenvalue weighted by Crippen LogP contribution is 2.30. The summed E-state index contributed by atoms with van der Waals surface area (Å²) in [6.07, 6.45) is -2.07. The summed E-state index contributed by atoms with van der Waals surface area (Å²) in [5, 5.41) is 0. The van der Waals surface area contributed by atoms with Crippen LogP contribution in [0, 0.1) is 5.82 Å². The summed E-state index contributed by atoms with van der Waals surface area (Å²) in [5.41, 5.74) is 0.723. The van der Waals surface area contributed by atoms with Crippen LogP contribution >= 0.6 is 0 Å². The van der Waals surface area contributed by atoms with Crippen molar-refractivity contribution in [3.8, 4) is 5.75 Å². The molecule has 0 bridgehead atoms. The molecule has 3 rings (SSSR count). The van der Waals surface area contributed by atoms with Crippen LogP contribution in [-0.2, 0) is 23.9 Å². The van der Waals surface area contributed by atoms with Crippen molar-refractivity contribution in [1.29, 1.82) is 0 Å². The van der Waals surface area contributed by atoms with E-state index in [9.17, 15) is 22.4 Å². The molecule has 0 radical (unpaired) electrons. The van der Waals surface area contributed by atoms with Crippen LogP contribution in [0.2, 0.25) is 0 Å². The van der Waals surface area contributed by atoms with Crippen LogP contribution in [0.4, 0.5) is 17.6 Å². The number of piperidine rings is 1. The van der Waals surface area contributed by atoms with Gasteiger partial charge in [0.05, 0.1) is 12.7 Å². The van der Waals surface area contributed by atoms with Gasteiger partial charge in [0.25, 0.3) is 0 Å². The van der Waals surface area contributed by atoms with Crippen molar-refractivity contribution in [3.63, 3.8) is 0 Å². The summed E-state index contributed by atoms with van der Waals surface area (Å²) in [6, 6.07) is 10.3. The number of carbonyl (C=O) groups excluding carboxylic acids is 1. The Labute approximate surface area is 185 Å². The van der Waals surface area contributed by atoms with Gasteiger partial charge in [0.15, 0.2) is 11.6 Å². The molecular formula is C24H28F4N2O2. The van der Waals surface area contributed by atoms with Crippen LogP contribution in [0.1, 0.15) is 36.0 Å². The predicted molar refractivity (Wildman–Crippen MR) is 114 cm³/mol. The number of alkyl halides is 3. The molecule has 4 nitrogen and oxygen atoms in total. The first-order chi connectivity index (χ1) is 15.2. The number of likely N-dealkylation sites (tertiary alicyclic amines) is 1. The number of ether oxygens (including phenoxy) is 1. The summed E-state index contributed by atoms with van der Waals surface area (Å²) in [5.74, 6) is -0.237. The van der Waals surface area contributed by atoms with Crippen molar-refractivity contribution in [2.45, 2.75) is 44.4 Å². The van der Waals surface area contributed by atoms with E-state index in [1.807, 2.05) is 11.9 Å². The molecule has 1 aliphatic heterocycles. The molecule has 1 aliphatic rings. The molecule has 0 spiro atoms. The summed E-state index contributed by atoms with van der Waals surface area (Å²) in [4.78, 5) is 16.4. The number of benzene rings is 2. The Morgan fingerprint density at radius 3 is 2.47 bits per heavy atom. The first-order valence-electron chi connectivity index (χ1n) is 10.6. The highest BCUT2D eigenvalue weighted by molar-refractivity contribution is 5.76. The lowest BCUT2D eigenvalue weighted by atomic mass is 10.0. The van der Waals surface area contributed by atoms with Gasteiger partial charge in [-0.3, -0.25) is 9.69 Å². The van der Waals surface area contributed by atoms with Crippen molar-refractivity contribution in [2.75, 3.05) is 27.2 Å². The van der Waals surface area contributed by atoms with E-state index in [-0.39, 0.29) is 17.7 Å². The number of carbonyl (C=O) groups is 1. The van der Waals surface area contributed by atoms with Gasteiger partial charge in [-0.1, -0.05) is 24.3 Å². The smallest absolute Gasteiger partial charge is 0.416 e. The number of nitrogens with zero attached hydrogens (tertiary/aromatic N) is 2. The Kier molecular flexibility index (Phi) is 7.77. The number of aryl methyl sites for hydroxylation is 1. The van der Waals surface area contributed by atoms with E-state index in [1.165, 1.54) is 25.3 Å². The number of halogens is 4.